The number of benzene rings is 2. The van der Waals surface area contributed by atoms with E-state index in [1.165, 1.54) is 28.1 Å². The van der Waals surface area contributed by atoms with Gasteiger partial charge in [-0.1, -0.05) is 24.3 Å². The second kappa shape index (κ2) is 6.72. The predicted octanol–water partition coefficient (Wildman–Crippen LogP) is 4.55. The quantitative estimate of drug-likeness (QED) is 0.706. The molecule has 1 aliphatic heterocycles. The van der Waals surface area contributed by atoms with E-state index in [9.17, 15) is 0 Å². The van der Waals surface area contributed by atoms with Crippen molar-refractivity contribution >= 4 is 21.6 Å². The van der Waals surface area contributed by atoms with Gasteiger partial charge < -0.3 is 0 Å². The van der Waals surface area contributed by atoms with Gasteiger partial charge in [-0.15, -0.1) is 11.3 Å². The van der Waals surface area contributed by atoms with Gasteiger partial charge in [-0.25, -0.2) is 4.98 Å². The van der Waals surface area contributed by atoms with E-state index in [1.54, 1.807) is 0 Å². The van der Waals surface area contributed by atoms with Crippen molar-refractivity contribution in [2.45, 2.75) is 25.3 Å². The third-order valence-corrected chi connectivity index (χ3v) is 5.85. The van der Waals surface area contributed by atoms with E-state index >= 15 is 0 Å². The van der Waals surface area contributed by atoms with E-state index in [0.717, 1.165) is 30.7 Å². The van der Waals surface area contributed by atoms with Crippen molar-refractivity contribution in [3.63, 3.8) is 0 Å². The highest BCUT2D eigenvalue weighted by atomic mass is 32.1. The molecule has 2 aromatic carbocycles. The van der Waals surface area contributed by atoms with Gasteiger partial charge in [0.1, 0.15) is 0 Å². The molecule has 0 N–H and O–H groups in total. The fraction of sp³-hybridized carbons (Fsp3) is 0.300. The summed E-state index contributed by atoms with van der Waals surface area (Å²) in [5, 5.41) is 10.2. The summed E-state index contributed by atoms with van der Waals surface area (Å²) in [6.07, 6.45) is 2.45. The molecule has 0 radical (unpaired) electrons. The first kappa shape index (κ1) is 15.3. The maximum absolute atomic E-state index is 8.90. The Balaban J connectivity index is 1.47. The van der Waals surface area contributed by atoms with Gasteiger partial charge in [0.25, 0.3) is 0 Å². The summed E-state index contributed by atoms with van der Waals surface area (Å²) >= 11 is 1.84. The Morgan fingerprint density at radius 1 is 1.17 bits per heavy atom. The van der Waals surface area contributed by atoms with Gasteiger partial charge in [0.2, 0.25) is 0 Å². The summed E-state index contributed by atoms with van der Waals surface area (Å²) < 4.78 is 1.29. The highest BCUT2D eigenvalue weighted by Crippen LogP contribution is 2.33. The minimum atomic E-state index is 0.537. The van der Waals surface area contributed by atoms with Crippen LogP contribution in [0.2, 0.25) is 0 Å². The van der Waals surface area contributed by atoms with Crippen molar-refractivity contribution in [2.24, 2.45) is 0 Å². The molecule has 4 heteroatoms. The summed E-state index contributed by atoms with van der Waals surface area (Å²) in [6, 6.07) is 18.5. The fourth-order valence-corrected chi connectivity index (χ4v) is 4.50. The normalized spacial score (nSPS) is 18.5. The van der Waals surface area contributed by atoms with E-state index < -0.39 is 0 Å². The minimum Gasteiger partial charge on any atom is -0.298 e. The van der Waals surface area contributed by atoms with Crippen LogP contribution >= 0.6 is 11.3 Å². The van der Waals surface area contributed by atoms with Crippen LogP contribution in [0, 0.1) is 11.3 Å². The monoisotopic (exact) mass is 333 g/mol. The van der Waals surface area contributed by atoms with E-state index in [4.69, 9.17) is 10.2 Å². The van der Waals surface area contributed by atoms with E-state index in [-0.39, 0.29) is 0 Å². The number of hydrogen-bond donors (Lipinski definition) is 0. The number of fused-ring (bicyclic) bond motifs is 1. The number of para-hydroxylation sites is 1. The Labute approximate surface area is 146 Å². The van der Waals surface area contributed by atoms with Crippen molar-refractivity contribution in [1.82, 2.24) is 9.88 Å². The smallest absolute Gasteiger partial charge is 0.0991 e. The number of aromatic nitrogens is 1. The van der Waals surface area contributed by atoms with Crippen molar-refractivity contribution in [1.29, 1.82) is 5.26 Å². The number of thiazole rings is 1. The standard InChI is InChI=1S/C20H19N3S/c21-12-15-7-9-16(10-8-15)13-23-11-3-4-17(14-23)20-22-18-5-1-2-6-19(18)24-20/h1-2,5-10,17H,3-4,11,13-14H2/t17-/m1/s1. The number of likely N-dealkylation sites (tertiary alicyclic amines) is 1. The Kier molecular flexibility index (Phi) is 4.29. The summed E-state index contributed by atoms with van der Waals surface area (Å²) in [5.41, 5.74) is 3.13. The van der Waals surface area contributed by atoms with Gasteiger partial charge >= 0.3 is 0 Å². The van der Waals surface area contributed by atoms with Gasteiger partial charge in [0, 0.05) is 19.0 Å². The average molecular weight is 333 g/mol. The number of rotatable bonds is 3. The average Bonchev–Trinajstić information content (AvgIpc) is 3.07. The zero-order valence-corrected chi connectivity index (χ0v) is 14.3. The molecule has 2 heterocycles. The summed E-state index contributed by atoms with van der Waals surface area (Å²) in [5.74, 6) is 0.537. The lowest BCUT2D eigenvalue weighted by atomic mass is 9.98. The van der Waals surface area contributed by atoms with Crippen molar-refractivity contribution in [3.8, 4) is 6.07 Å². The number of hydrogen-bond acceptors (Lipinski definition) is 4. The zero-order chi connectivity index (χ0) is 16.4. The first-order valence-electron chi connectivity index (χ1n) is 8.39. The minimum absolute atomic E-state index is 0.537. The van der Waals surface area contributed by atoms with Crippen LogP contribution < -0.4 is 0 Å². The zero-order valence-electron chi connectivity index (χ0n) is 13.5. The van der Waals surface area contributed by atoms with Crippen LogP contribution in [0.5, 0.6) is 0 Å². The van der Waals surface area contributed by atoms with Crippen molar-refractivity contribution < 1.29 is 0 Å². The molecule has 0 unspecified atom stereocenters. The van der Waals surface area contributed by atoms with Gasteiger partial charge in [0.05, 0.1) is 26.9 Å². The molecule has 1 aromatic heterocycles. The third-order valence-electron chi connectivity index (χ3n) is 4.65. The molecule has 0 aliphatic carbocycles. The Hall–Kier alpha value is -2.22. The Bertz CT molecular complexity index is 843. The molecule has 0 spiro atoms. The Morgan fingerprint density at radius 3 is 2.79 bits per heavy atom. The molecule has 1 aliphatic rings. The molecule has 1 fully saturated rings. The lowest BCUT2D eigenvalue weighted by Crippen LogP contribution is -2.33. The molecule has 4 rings (SSSR count). The van der Waals surface area contributed by atoms with Crippen molar-refractivity contribution in [3.05, 3.63) is 64.7 Å². The first-order valence-corrected chi connectivity index (χ1v) is 9.20. The molecule has 0 bridgehead atoms. The van der Waals surface area contributed by atoms with Crippen LogP contribution in [0.15, 0.2) is 48.5 Å². The SMILES string of the molecule is N#Cc1ccc(CN2CCC[C@@H](c3nc4ccccc4s3)C2)cc1. The van der Waals surface area contributed by atoms with E-state index in [0.29, 0.717) is 5.92 Å². The van der Waals surface area contributed by atoms with E-state index in [2.05, 4.69) is 47.4 Å². The van der Waals surface area contributed by atoms with E-state index in [1.807, 2.05) is 23.5 Å². The number of nitrogens with zero attached hydrogens (tertiary/aromatic N) is 3. The molecule has 3 nitrogen and oxygen atoms in total. The van der Waals surface area contributed by atoms with Crippen LogP contribution in [-0.4, -0.2) is 23.0 Å². The molecule has 24 heavy (non-hydrogen) atoms. The molecular formula is C20H19N3S. The number of piperidine rings is 1. The first-order chi connectivity index (χ1) is 11.8. The van der Waals surface area contributed by atoms with Gasteiger partial charge in [-0.2, -0.15) is 5.26 Å². The largest absolute Gasteiger partial charge is 0.298 e. The van der Waals surface area contributed by atoms with Gasteiger partial charge in [-0.3, -0.25) is 4.90 Å². The highest BCUT2D eigenvalue weighted by Gasteiger charge is 2.24. The Morgan fingerprint density at radius 2 is 2.00 bits per heavy atom. The topological polar surface area (TPSA) is 39.9 Å². The molecule has 0 amide bonds. The van der Waals surface area contributed by atoms with Crippen LogP contribution in [-0.2, 0) is 6.54 Å². The molecule has 3 aromatic rings. The maximum Gasteiger partial charge on any atom is 0.0991 e. The maximum atomic E-state index is 8.90. The van der Waals surface area contributed by atoms with Crippen LogP contribution in [0.1, 0.15) is 34.9 Å². The summed E-state index contributed by atoms with van der Waals surface area (Å²) in [4.78, 5) is 7.37. The molecule has 120 valence electrons. The fourth-order valence-electron chi connectivity index (χ4n) is 3.41. The molecule has 1 saturated heterocycles. The predicted molar refractivity (Wildman–Crippen MR) is 98.0 cm³/mol. The molecule has 1 atom stereocenters. The molecular weight excluding hydrogens is 314 g/mol. The van der Waals surface area contributed by atoms with Crippen LogP contribution in [0.25, 0.3) is 10.2 Å². The van der Waals surface area contributed by atoms with Crippen LogP contribution in [0.4, 0.5) is 0 Å². The second-order valence-electron chi connectivity index (χ2n) is 6.40. The highest BCUT2D eigenvalue weighted by molar-refractivity contribution is 7.18. The van der Waals surface area contributed by atoms with Gasteiger partial charge in [-0.05, 0) is 49.2 Å². The molecule has 0 saturated carbocycles. The number of nitriles is 1. The van der Waals surface area contributed by atoms with Crippen molar-refractivity contribution in [2.75, 3.05) is 13.1 Å². The lowest BCUT2D eigenvalue weighted by Gasteiger charge is -2.31. The second-order valence-corrected chi connectivity index (χ2v) is 7.47. The van der Waals surface area contributed by atoms with Crippen LogP contribution in [0.3, 0.4) is 0 Å². The lowest BCUT2D eigenvalue weighted by molar-refractivity contribution is 0.200. The summed E-state index contributed by atoms with van der Waals surface area (Å²) in [7, 11) is 0. The third kappa shape index (κ3) is 3.19. The van der Waals surface area contributed by atoms with Gasteiger partial charge in [0.15, 0.2) is 0 Å². The summed E-state index contributed by atoms with van der Waals surface area (Å²) in [6.45, 7) is 3.16.